The molecule has 1 aromatic rings. The largest absolute Gasteiger partial charge is 0.480 e. The molecule has 3 nitrogen and oxygen atoms in total. The van der Waals surface area contributed by atoms with Gasteiger partial charge in [-0.3, -0.25) is 0 Å². The lowest BCUT2D eigenvalue weighted by Gasteiger charge is -2.09. The molecule has 0 fully saturated rings. The van der Waals surface area contributed by atoms with Crippen molar-refractivity contribution >= 4 is 11.5 Å². The molecule has 15 heavy (non-hydrogen) atoms. The van der Waals surface area contributed by atoms with Crippen LogP contribution in [-0.2, 0) is 0 Å². The van der Waals surface area contributed by atoms with Crippen molar-refractivity contribution in [1.29, 1.82) is 0 Å². The van der Waals surface area contributed by atoms with Gasteiger partial charge in [0.1, 0.15) is 0 Å². The average molecular weight is 226 g/mol. The summed E-state index contributed by atoms with van der Waals surface area (Å²) in [5.74, 6) is 0.700. The van der Waals surface area contributed by atoms with Crippen LogP contribution < -0.4 is 10.1 Å². The van der Waals surface area contributed by atoms with Crippen LogP contribution in [0.25, 0.3) is 0 Å². The summed E-state index contributed by atoms with van der Waals surface area (Å²) in [6.45, 7) is 7.22. The third-order valence-electron chi connectivity index (χ3n) is 2.08. The lowest BCUT2D eigenvalue weighted by atomic mass is 10.2. The van der Waals surface area contributed by atoms with E-state index in [2.05, 4.69) is 36.5 Å². The van der Waals surface area contributed by atoms with E-state index in [0.717, 1.165) is 6.54 Å². The molecule has 0 amide bonds. The zero-order chi connectivity index (χ0) is 11.3. The van der Waals surface area contributed by atoms with E-state index in [0.29, 0.717) is 11.9 Å². The zero-order valence-corrected chi connectivity index (χ0v) is 10.5. The standard InChI is InChI=1S/C11H18N2OS/c1-8(2)5-6-12-9(3)10-7-11(14-4)13-15-10/h5,7,9,12H,6H2,1-4H3. The third-order valence-corrected chi connectivity index (χ3v) is 3.03. The number of rotatable bonds is 5. The van der Waals surface area contributed by atoms with Gasteiger partial charge < -0.3 is 10.1 Å². The van der Waals surface area contributed by atoms with E-state index in [4.69, 9.17) is 4.74 Å². The fourth-order valence-corrected chi connectivity index (χ4v) is 1.83. The molecule has 1 rings (SSSR count). The second-order valence-electron chi connectivity index (χ2n) is 3.68. The number of hydrogen-bond donors (Lipinski definition) is 1. The maximum Gasteiger partial charge on any atom is 0.225 e. The second-order valence-corrected chi connectivity index (χ2v) is 4.52. The predicted molar refractivity (Wildman–Crippen MR) is 64.5 cm³/mol. The number of allylic oxidation sites excluding steroid dienone is 1. The summed E-state index contributed by atoms with van der Waals surface area (Å²) in [4.78, 5) is 1.20. The van der Waals surface area contributed by atoms with Gasteiger partial charge in [-0.25, -0.2) is 0 Å². The Bertz CT molecular complexity index is 329. The van der Waals surface area contributed by atoms with Crippen molar-refractivity contribution in [1.82, 2.24) is 9.69 Å². The summed E-state index contributed by atoms with van der Waals surface area (Å²) >= 11 is 1.48. The second kappa shape index (κ2) is 5.88. The minimum atomic E-state index is 0.321. The van der Waals surface area contributed by atoms with Gasteiger partial charge in [-0.15, -0.1) is 0 Å². The molecule has 0 aliphatic rings. The van der Waals surface area contributed by atoms with Crippen molar-refractivity contribution in [3.8, 4) is 5.88 Å². The first-order valence-corrected chi connectivity index (χ1v) is 5.78. The molecule has 0 saturated heterocycles. The normalized spacial score (nSPS) is 12.3. The number of nitrogens with one attached hydrogen (secondary N) is 1. The Hall–Kier alpha value is -0.870. The maximum atomic E-state index is 5.05. The van der Waals surface area contributed by atoms with E-state index < -0.39 is 0 Å². The van der Waals surface area contributed by atoms with Crippen molar-refractivity contribution < 1.29 is 4.74 Å². The molecule has 1 N–H and O–H groups in total. The van der Waals surface area contributed by atoms with Gasteiger partial charge in [0.2, 0.25) is 5.88 Å². The van der Waals surface area contributed by atoms with Crippen molar-refractivity contribution in [2.24, 2.45) is 0 Å². The first-order chi connectivity index (χ1) is 7.13. The molecule has 0 aliphatic heterocycles. The van der Waals surface area contributed by atoms with E-state index in [9.17, 15) is 0 Å². The van der Waals surface area contributed by atoms with Crippen LogP contribution >= 0.6 is 11.5 Å². The highest BCUT2D eigenvalue weighted by molar-refractivity contribution is 7.06. The summed E-state index contributed by atoms with van der Waals surface area (Å²) in [6, 6.07) is 2.30. The van der Waals surface area contributed by atoms with Gasteiger partial charge in [0.25, 0.3) is 0 Å². The number of ether oxygens (including phenoxy) is 1. The molecule has 1 atom stereocenters. The molecule has 4 heteroatoms. The van der Waals surface area contributed by atoms with Gasteiger partial charge in [0, 0.05) is 23.5 Å². The summed E-state index contributed by atoms with van der Waals surface area (Å²) in [7, 11) is 1.64. The number of aromatic nitrogens is 1. The van der Waals surface area contributed by atoms with Gasteiger partial charge in [0.15, 0.2) is 0 Å². The molecular weight excluding hydrogens is 208 g/mol. The zero-order valence-electron chi connectivity index (χ0n) is 9.70. The van der Waals surface area contributed by atoms with Gasteiger partial charge in [-0.2, -0.15) is 4.37 Å². The minimum Gasteiger partial charge on any atom is -0.480 e. The van der Waals surface area contributed by atoms with Crippen molar-refractivity contribution in [2.75, 3.05) is 13.7 Å². The Balaban J connectivity index is 2.46. The first-order valence-electron chi connectivity index (χ1n) is 5.01. The molecule has 0 saturated carbocycles. The molecule has 1 heterocycles. The van der Waals surface area contributed by atoms with Crippen LogP contribution in [0.1, 0.15) is 31.7 Å². The fourth-order valence-electron chi connectivity index (χ4n) is 1.11. The van der Waals surface area contributed by atoms with Crippen LogP contribution in [0.4, 0.5) is 0 Å². The topological polar surface area (TPSA) is 34.1 Å². The van der Waals surface area contributed by atoms with Crippen LogP contribution in [0, 0.1) is 0 Å². The van der Waals surface area contributed by atoms with E-state index in [-0.39, 0.29) is 0 Å². The Labute approximate surface area is 95.3 Å². The highest BCUT2D eigenvalue weighted by Gasteiger charge is 2.08. The smallest absolute Gasteiger partial charge is 0.225 e. The molecule has 1 unspecified atom stereocenters. The molecule has 0 radical (unpaired) electrons. The monoisotopic (exact) mass is 226 g/mol. The average Bonchev–Trinajstić information content (AvgIpc) is 2.65. The molecule has 0 bridgehead atoms. The Kier molecular flexibility index (Phi) is 4.78. The quantitative estimate of drug-likeness (QED) is 0.784. The highest BCUT2D eigenvalue weighted by atomic mass is 32.1. The lowest BCUT2D eigenvalue weighted by Crippen LogP contribution is -2.17. The Morgan fingerprint density at radius 3 is 2.93 bits per heavy atom. The van der Waals surface area contributed by atoms with Crippen LogP contribution in [0.3, 0.4) is 0 Å². The number of nitrogens with zero attached hydrogens (tertiary/aromatic N) is 1. The van der Waals surface area contributed by atoms with E-state index in [1.54, 1.807) is 7.11 Å². The van der Waals surface area contributed by atoms with E-state index in [1.165, 1.54) is 22.0 Å². The molecule has 0 aliphatic carbocycles. The third kappa shape index (κ3) is 4.01. The lowest BCUT2D eigenvalue weighted by molar-refractivity contribution is 0.402. The van der Waals surface area contributed by atoms with Gasteiger partial charge in [-0.1, -0.05) is 11.6 Å². The number of hydrogen-bond acceptors (Lipinski definition) is 4. The van der Waals surface area contributed by atoms with Crippen molar-refractivity contribution in [3.63, 3.8) is 0 Å². The van der Waals surface area contributed by atoms with Crippen LogP contribution in [0.2, 0.25) is 0 Å². The summed E-state index contributed by atoms with van der Waals surface area (Å²) in [5, 5.41) is 3.41. The summed E-state index contributed by atoms with van der Waals surface area (Å²) in [6.07, 6.45) is 2.18. The fraction of sp³-hybridized carbons (Fsp3) is 0.545. The minimum absolute atomic E-state index is 0.321. The van der Waals surface area contributed by atoms with Gasteiger partial charge in [-0.05, 0) is 32.3 Å². The molecule has 84 valence electrons. The van der Waals surface area contributed by atoms with Crippen molar-refractivity contribution in [2.45, 2.75) is 26.8 Å². The first kappa shape index (κ1) is 12.2. The summed E-state index contributed by atoms with van der Waals surface area (Å²) in [5.41, 5.74) is 1.33. The Morgan fingerprint density at radius 2 is 2.40 bits per heavy atom. The Morgan fingerprint density at radius 1 is 1.67 bits per heavy atom. The SMILES string of the molecule is COc1cc(C(C)NCC=C(C)C)sn1. The van der Waals surface area contributed by atoms with Crippen LogP contribution in [0.5, 0.6) is 5.88 Å². The number of methoxy groups -OCH3 is 1. The molecule has 0 aromatic carbocycles. The van der Waals surface area contributed by atoms with E-state index in [1.807, 2.05) is 6.07 Å². The molecule has 0 spiro atoms. The summed E-state index contributed by atoms with van der Waals surface area (Å²) < 4.78 is 9.21. The molecular formula is C11H18N2OS. The van der Waals surface area contributed by atoms with Gasteiger partial charge in [0.05, 0.1) is 7.11 Å². The highest BCUT2D eigenvalue weighted by Crippen LogP contribution is 2.22. The van der Waals surface area contributed by atoms with Crippen molar-refractivity contribution in [3.05, 3.63) is 22.6 Å². The van der Waals surface area contributed by atoms with Crippen LogP contribution in [0.15, 0.2) is 17.7 Å². The van der Waals surface area contributed by atoms with Crippen LogP contribution in [-0.4, -0.2) is 18.0 Å². The predicted octanol–water partition coefficient (Wildman–Crippen LogP) is 2.77. The molecule has 1 aromatic heterocycles. The van der Waals surface area contributed by atoms with E-state index >= 15 is 0 Å². The maximum absolute atomic E-state index is 5.05. The van der Waals surface area contributed by atoms with Gasteiger partial charge >= 0.3 is 0 Å².